The van der Waals surface area contributed by atoms with E-state index in [1.807, 2.05) is 32.9 Å². The van der Waals surface area contributed by atoms with E-state index in [1.165, 1.54) is 6.92 Å². The summed E-state index contributed by atoms with van der Waals surface area (Å²) >= 11 is 0. The van der Waals surface area contributed by atoms with Gasteiger partial charge >= 0.3 is 11.9 Å². The van der Waals surface area contributed by atoms with Crippen LogP contribution in [0.4, 0.5) is 0 Å². The molecule has 1 aromatic carbocycles. The second-order valence-corrected chi connectivity index (χ2v) is 7.09. The van der Waals surface area contributed by atoms with Crippen LogP contribution in [0.15, 0.2) is 40.8 Å². The normalized spacial score (nSPS) is 12.5. The lowest BCUT2D eigenvalue weighted by atomic mass is 10.1. The summed E-state index contributed by atoms with van der Waals surface area (Å²) in [6.07, 6.45) is 0.381. The number of ketones is 1. The van der Waals surface area contributed by atoms with Gasteiger partial charge in [0.2, 0.25) is 0 Å². The number of aliphatic carboxylic acids is 2. The lowest BCUT2D eigenvalue weighted by Crippen LogP contribution is -2.38. The van der Waals surface area contributed by atoms with E-state index in [9.17, 15) is 19.5 Å². The Bertz CT molecular complexity index is 858. The van der Waals surface area contributed by atoms with Crippen molar-refractivity contribution in [2.24, 2.45) is 0 Å². The van der Waals surface area contributed by atoms with Crippen LogP contribution < -0.4 is 5.32 Å². The van der Waals surface area contributed by atoms with Crippen molar-refractivity contribution in [3.05, 3.63) is 47.7 Å². The molecule has 1 atom stereocenters. The van der Waals surface area contributed by atoms with Gasteiger partial charge in [0, 0.05) is 29.6 Å². The first-order chi connectivity index (χ1) is 12.9. The van der Waals surface area contributed by atoms with Crippen molar-refractivity contribution in [2.45, 2.75) is 39.3 Å². The van der Waals surface area contributed by atoms with E-state index in [0.717, 1.165) is 5.39 Å². The topological polar surface area (TPSA) is 137 Å². The van der Waals surface area contributed by atoms with Crippen LogP contribution in [0.1, 0.15) is 49.9 Å². The third-order valence-corrected chi connectivity index (χ3v) is 3.47. The summed E-state index contributed by atoms with van der Waals surface area (Å²) in [5.74, 6) is -2.08. The van der Waals surface area contributed by atoms with E-state index >= 15 is 0 Å². The Balaban J connectivity index is 0.000000416. The third-order valence-electron chi connectivity index (χ3n) is 3.47. The van der Waals surface area contributed by atoms with Gasteiger partial charge in [-0.15, -0.1) is 0 Å². The van der Waals surface area contributed by atoms with Crippen molar-refractivity contribution in [3.63, 3.8) is 0 Å². The zero-order chi connectivity index (χ0) is 21.5. The molecule has 8 heteroatoms. The number of hydrogen-bond donors (Lipinski definition) is 4. The molecule has 0 aliphatic heterocycles. The van der Waals surface area contributed by atoms with Gasteiger partial charge in [0.15, 0.2) is 5.78 Å². The van der Waals surface area contributed by atoms with Crippen LogP contribution in [-0.2, 0) is 9.59 Å². The van der Waals surface area contributed by atoms with E-state index in [0.29, 0.717) is 35.6 Å². The quantitative estimate of drug-likeness (QED) is 0.436. The summed E-state index contributed by atoms with van der Waals surface area (Å²) in [4.78, 5) is 30.7. The van der Waals surface area contributed by atoms with Gasteiger partial charge in [0.25, 0.3) is 0 Å². The average molecular weight is 391 g/mol. The number of rotatable bonds is 6. The summed E-state index contributed by atoms with van der Waals surface area (Å²) in [6, 6.07) is 7.21. The van der Waals surface area contributed by atoms with Crippen LogP contribution in [-0.4, -0.2) is 45.1 Å². The van der Waals surface area contributed by atoms with Crippen LogP contribution >= 0.6 is 0 Å². The molecule has 0 aliphatic rings. The average Bonchev–Trinajstić information content (AvgIpc) is 3.01. The number of benzene rings is 1. The van der Waals surface area contributed by atoms with Crippen molar-refractivity contribution in [1.82, 2.24) is 5.32 Å². The highest BCUT2D eigenvalue weighted by molar-refractivity contribution is 6.04. The standard InChI is InChI=1S/C16H21NO3.C4H4O4/c1-10(18)12-7-5-6-11-8-14(20-15(11)12)13(19)9-17-16(2,3)4;5-3(6)1-2-4(7)8/h5-8,13,17,19H,9H2,1-4H3;1-2H,(H,5,6)(H,7,8)/b;2-1-/t13-;/m1./s1. The number of aliphatic hydroxyl groups excluding tert-OH is 1. The van der Waals surface area contributed by atoms with E-state index in [1.54, 1.807) is 12.1 Å². The number of carboxylic acid groups (broad SMARTS) is 2. The molecule has 28 heavy (non-hydrogen) atoms. The molecule has 2 aromatic rings. The van der Waals surface area contributed by atoms with E-state index < -0.39 is 18.0 Å². The summed E-state index contributed by atoms with van der Waals surface area (Å²) in [5, 5.41) is 29.9. The van der Waals surface area contributed by atoms with E-state index in [2.05, 4.69) is 5.32 Å². The number of carboxylic acids is 2. The number of carbonyl (C=O) groups is 3. The summed E-state index contributed by atoms with van der Waals surface area (Å²) in [6.45, 7) is 8.01. The summed E-state index contributed by atoms with van der Waals surface area (Å²) < 4.78 is 5.68. The molecule has 152 valence electrons. The number of nitrogens with one attached hydrogen (secondary N) is 1. The predicted octanol–water partition coefficient (Wildman–Crippen LogP) is 2.77. The minimum absolute atomic E-state index is 0.0428. The molecule has 0 saturated heterocycles. The summed E-state index contributed by atoms with van der Waals surface area (Å²) in [5.41, 5.74) is 1.02. The van der Waals surface area contributed by atoms with Gasteiger partial charge in [-0.05, 0) is 39.8 Å². The molecule has 0 bridgehead atoms. The van der Waals surface area contributed by atoms with Gasteiger partial charge < -0.3 is 25.1 Å². The first-order valence-corrected chi connectivity index (χ1v) is 8.51. The van der Waals surface area contributed by atoms with Gasteiger partial charge in [0.1, 0.15) is 17.4 Å². The van der Waals surface area contributed by atoms with Gasteiger partial charge in [-0.1, -0.05) is 12.1 Å². The molecule has 2 rings (SSSR count). The number of hydrogen-bond acceptors (Lipinski definition) is 6. The number of para-hydroxylation sites is 1. The molecule has 0 spiro atoms. The summed E-state index contributed by atoms with van der Waals surface area (Å²) in [7, 11) is 0. The monoisotopic (exact) mass is 391 g/mol. The molecule has 0 radical (unpaired) electrons. The van der Waals surface area contributed by atoms with Gasteiger partial charge in [-0.2, -0.15) is 0 Å². The molecule has 0 amide bonds. The molecule has 0 saturated carbocycles. The Morgan fingerprint density at radius 1 is 1.14 bits per heavy atom. The van der Waals surface area contributed by atoms with Crippen molar-refractivity contribution in [1.29, 1.82) is 0 Å². The highest BCUT2D eigenvalue weighted by atomic mass is 16.4. The van der Waals surface area contributed by atoms with E-state index in [4.69, 9.17) is 14.6 Å². The van der Waals surface area contributed by atoms with Gasteiger partial charge in [-0.25, -0.2) is 9.59 Å². The molecule has 1 aromatic heterocycles. The maximum atomic E-state index is 11.6. The van der Waals surface area contributed by atoms with Crippen molar-refractivity contribution >= 4 is 28.7 Å². The lowest BCUT2D eigenvalue weighted by Gasteiger charge is -2.22. The Morgan fingerprint density at radius 2 is 1.71 bits per heavy atom. The first-order valence-electron chi connectivity index (χ1n) is 8.51. The molecule has 4 N–H and O–H groups in total. The van der Waals surface area contributed by atoms with Gasteiger partial charge in [-0.3, -0.25) is 4.79 Å². The highest BCUT2D eigenvalue weighted by Crippen LogP contribution is 2.27. The SMILES string of the molecule is CC(=O)c1cccc2cc([C@H](O)CNC(C)(C)C)oc12.O=C(O)/C=C\C(=O)O. The van der Waals surface area contributed by atoms with Crippen LogP contribution in [0.3, 0.4) is 0 Å². The fraction of sp³-hybridized carbons (Fsp3) is 0.350. The molecule has 0 unspecified atom stereocenters. The second-order valence-electron chi connectivity index (χ2n) is 7.09. The van der Waals surface area contributed by atoms with Crippen LogP contribution in [0.2, 0.25) is 0 Å². The number of furan rings is 1. The number of aliphatic hydroxyl groups is 1. The van der Waals surface area contributed by atoms with Crippen LogP contribution in [0, 0.1) is 0 Å². The molecule has 0 fully saturated rings. The number of fused-ring (bicyclic) bond motifs is 1. The number of carbonyl (C=O) groups excluding carboxylic acids is 1. The van der Waals surface area contributed by atoms with Gasteiger partial charge in [0.05, 0.1) is 5.56 Å². The number of Topliss-reactive ketones (excluding diaryl/α,β-unsaturated/α-hetero) is 1. The Morgan fingerprint density at radius 3 is 2.18 bits per heavy atom. The smallest absolute Gasteiger partial charge is 0.328 e. The lowest BCUT2D eigenvalue weighted by molar-refractivity contribution is -0.134. The first kappa shape index (κ1) is 23.1. The second kappa shape index (κ2) is 9.82. The molecule has 8 nitrogen and oxygen atoms in total. The molecular weight excluding hydrogens is 366 g/mol. The molecule has 0 aliphatic carbocycles. The fourth-order valence-corrected chi connectivity index (χ4v) is 2.17. The van der Waals surface area contributed by atoms with Crippen molar-refractivity contribution in [2.75, 3.05) is 6.54 Å². The Labute approximate surface area is 162 Å². The Kier molecular flexibility index (Phi) is 8.09. The van der Waals surface area contributed by atoms with Crippen LogP contribution in [0.25, 0.3) is 11.0 Å². The Hall–Kier alpha value is -2.97. The van der Waals surface area contributed by atoms with Crippen molar-refractivity contribution in [3.8, 4) is 0 Å². The van der Waals surface area contributed by atoms with E-state index in [-0.39, 0.29) is 11.3 Å². The highest BCUT2D eigenvalue weighted by Gasteiger charge is 2.18. The van der Waals surface area contributed by atoms with Crippen molar-refractivity contribution < 1.29 is 34.1 Å². The van der Waals surface area contributed by atoms with Crippen LogP contribution in [0.5, 0.6) is 0 Å². The third kappa shape index (κ3) is 7.73. The maximum absolute atomic E-state index is 11.6. The molecule has 1 heterocycles. The number of β-amino-alcohol motifs (C(OH)–C–C–N with tert-alkyl or cyclic N) is 1. The minimum Gasteiger partial charge on any atom is -0.478 e. The zero-order valence-electron chi connectivity index (χ0n) is 16.2. The zero-order valence-corrected chi connectivity index (χ0v) is 16.2. The fourth-order valence-electron chi connectivity index (χ4n) is 2.17. The predicted molar refractivity (Wildman–Crippen MR) is 103 cm³/mol. The minimum atomic E-state index is -1.26. The molecular formula is C20H25NO7. The largest absolute Gasteiger partial charge is 0.478 e. The maximum Gasteiger partial charge on any atom is 0.328 e.